The summed E-state index contributed by atoms with van der Waals surface area (Å²) in [5.74, 6) is 1.57. The average molecular weight is 424 g/mol. The molecule has 3 N–H and O–H groups in total. The van der Waals surface area contributed by atoms with Gasteiger partial charge in [0.2, 0.25) is 0 Å². The predicted molar refractivity (Wildman–Crippen MR) is 108 cm³/mol. The summed E-state index contributed by atoms with van der Waals surface area (Å²) < 4.78 is 19.0. The molecule has 3 rings (SSSR count). The predicted octanol–water partition coefficient (Wildman–Crippen LogP) is 1.59. The van der Waals surface area contributed by atoms with Crippen molar-refractivity contribution in [3.05, 3.63) is 5.82 Å². The number of piperidine rings is 1. The minimum atomic E-state index is -1.42. The maximum Gasteiger partial charge on any atom is 0.407 e. The van der Waals surface area contributed by atoms with Gasteiger partial charge in [-0.3, -0.25) is 4.79 Å². The van der Waals surface area contributed by atoms with Crippen LogP contribution < -0.4 is 10.6 Å². The van der Waals surface area contributed by atoms with E-state index >= 15 is 0 Å². The van der Waals surface area contributed by atoms with Gasteiger partial charge in [-0.15, -0.1) is 10.2 Å². The molecule has 2 fully saturated rings. The lowest BCUT2D eigenvalue weighted by Crippen LogP contribution is -2.50. The van der Waals surface area contributed by atoms with Crippen LogP contribution in [-0.4, -0.2) is 64.5 Å². The zero-order valence-electron chi connectivity index (χ0n) is 18.9. The monoisotopic (exact) mass is 423 g/mol. The van der Waals surface area contributed by atoms with Crippen molar-refractivity contribution in [2.45, 2.75) is 70.9 Å². The highest BCUT2D eigenvalue weighted by Gasteiger charge is 2.38. The maximum atomic E-state index is 12.8. The molecule has 2 aliphatic rings. The molecule has 5 atom stereocenters. The fourth-order valence-corrected chi connectivity index (χ4v) is 4.44. The number of carbonyl (C=O) groups is 2. The minimum Gasteiger partial charge on any atom is -0.461 e. The van der Waals surface area contributed by atoms with Crippen molar-refractivity contribution in [3.8, 4) is 0 Å². The van der Waals surface area contributed by atoms with E-state index in [9.17, 15) is 9.59 Å². The number of fused-ring (bicyclic) bond motifs is 1. The van der Waals surface area contributed by atoms with Crippen molar-refractivity contribution in [3.63, 3.8) is 0 Å². The molecule has 1 saturated carbocycles. The van der Waals surface area contributed by atoms with E-state index in [1.54, 1.807) is 13.8 Å². The molecule has 2 heterocycles. The van der Waals surface area contributed by atoms with E-state index in [1.165, 1.54) is 0 Å². The Hall–Kier alpha value is -2.23. The van der Waals surface area contributed by atoms with Crippen molar-refractivity contribution < 1.29 is 20.4 Å². The van der Waals surface area contributed by atoms with Gasteiger partial charge in [0.25, 0.3) is 0 Å². The van der Waals surface area contributed by atoms with E-state index in [2.05, 4.69) is 31.3 Å². The Bertz CT molecular complexity index is 721. The lowest BCUT2D eigenvalue weighted by atomic mass is 9.69. The van der Waals surface area contributed by atoms with Crippen LogP contribution in [0.2, 0.25) is 0 Å². The van der Waals surface area contributed by atoms with Crippen LogP contribution in [0.1, 0.15) is 59.6 Å². The maximum absolute atomic E-state index is 12.8. The summed E-state index contributed by atoms with van der Waals surface area (Å²) in [7, 11) is 0. The number of hydrogen-bond donors (Lipinski definition) is 3. The van der Waals surface area contributed by atoms with Gasteiger partial charge in [0.1, 0.15) is 12.1 Å². The summed E-state index contributed by atoms with van der Waals surface area (Å²) in [6.45, 7) is 4.83. The molecule has 10 nitrogen and oxygen atoms in total. The smallest absolute Gasteiger partial charge is 0.407 e. The lowest BCUT2D eigenvalue weighted by molar-refractivity contribution is -0.152. The number of H-pyrrole nitrogens is 1. The Kier molecular flexibility index (Phi) is 7.88. The van der Waals surface area contributed by atoms with Crippen LogP contribution in [0, 0.1) is 17.8 Å². The summed E-state index contributed by atoms with van der Waals surface area (Å²) in [5, 5.41) is 19.9. The Morgan fingerprint density at radius 3 is 2.97 bits per heavy atom. The molecule has 168 valence electrons. The fourth-order valence-electron chi connectivity index (χ4n) is 4.44. The van der Waals surface area contributed by atoms with Crippen LogP contribution in [0.5, 0.6) is 0 Å². The van der Waals surface area contributed by atoms with Gasteiger partial charge in [0.05, 0.1) is 7.98 Å². The first kappa shape index (κ1) is 21.0. The zero-order chi connectivity index (χ0) is 22.3. The van der Waals surface area contributed by atoms with Gasteiger partial charge in [-0.05, 0) is 63.8 Å². The minimum absolute atomic E-state index is 0.309. The van der Waals surface area contributed by atoms with Crippen molar-refractivity contribution in [2.24, 2.45) is 17.8 Å². The standard InChI is InChI=1S/C20H34N6O4/c1-3-29-20(28)21-9-8-13(2)30-19(27)17-11-16-10-14(4-6-15(16)12-22-17)5-7-18-23-25-26-24-18/h13-17,22H,3-12H2,1-2H3,(H,21,28)(H,23,24,25,26)/t13-,14-,15+,16-,17+/m1/s1/i17D. The summed E-state index contributed by atoms with van der Waals surface area (Å²) in [5.41, 5.74) is 0. The number of nitrogens with one attached hydrogen (secondary N) is 3. The zero-order valence-corrected chi connectivity index (χ0v) is 17.9. The molecule has 1 aliphatic carbocycles. The second-order valence-electron chi connectivity index (χ2n) is 8.28. The molecule has 1 aromatic rings. The number of ether oxygens (including phenoxy) is 2. The third kappa shape index (κ3) is 6.65. The highest BCUT2D eigenvalue weighted by molar-refractivity contribution is 5.76. The average Bonchev–Trinajstić information content (AvgIpc) is 3.25. The molecule has 0 aromatic carbocycles. The molecule has 1 aromatic heterocycles. The number of amides is 1. The van der Waals surface area contributed by atoms with E-state index in [-0.39, 0.29) is 0 Å². The lowest BCUT2D eigenvalue weighted by Gasteiger charge is -2.42. The molecule has 1 aliphatic heterocycles. The SMILES string of the molecule is [2H][C@@]1(C(=O)O[C@H](C)CCNC(=O)OCC)C[C@H]2C[C@@H](CCc3nn[nH]n3)CC[C@H]2CN1. The highest BCUT2D eigenvalue weighted by atomic mass is 16.6. The Morgan fingerprint density at radius 2 is 2.20 bits per heavy atom. The number of aromatic amines is 1. The number of esters is 1. The second kappa shape index (κ2) is 11.2. The largest absolute Gasteiger partial charge is 0.461 e. The van der Waals surface area contributed by atoms with E-state index in [4.69, 9.17) is 10.8 Å². The third-order valence-electron chi connectivity index (χ3n) is 6.11. The number of aryl methyl sites for hydroxylation is 1. The van der Waals surface area contributed by atoms with Gasteiger partial charge < -0.3 is 20.1 Å². The van der Waals surface area contributed by atoms with Crippen LogP contribution in [0.4, 0.5) is 4.79 Å². The summed E-state index contributed by atoms with van der Waals surface area (Å²) in [4.78, 5) is 24.1. The van der Waals surface area contributed by atoms with Gasteiger partial charge in [-0.1, -0.05) is 11.6 Å². The Morgan fingerprint density at radius 1 is 1.33 bits per heavy atom. The number of carbonyl (C=O) groups excluding carboxylic acids is 2. The van der Waals surface area contributed by atoms with Gasteiger partial charge in [-0.25, -0.2) is 4.79 Å². The fraction of sp³-hybridized carbons (Fsp3) is 0.850. The number of nitrogens with zero attached hydrogens (tertiary/aromatic N) is 3. The van der Waals surface area contributed by atoms with E-state index < -0.39 is 24.2 Å². The summed E-state index contributed by atoms with van der Waals surface area (Å²) in [6.07, 6.45) is 5.11. The third-order valence-corrected chi connectivity index (χ3v) is 6.11. The molecule has 1 saturated heterocycles. The van der Waals surface area contributed by atoms with Crippen LogP contribution >= 0.6 is 0 Å². The van der Waals surface area contributed by atoms with Crippen LogP contribution in [0.25, 0.3) is 0 Å². The Balaban J connectivity index is 1.44. The van der Waals surface area contributed by atoms with Crippen molar-refractivity contribution in [1.29, 1.82) is 0 Å². The van der Waals surface area contributed by atoms with Gasteiger partial charge in [0, 0.05) is 19.4 Å². The topological polar surface area (TPSA) is 131 Å². The highest BCUT2D eigenvalue weighted by Crippen LogP contribution is 2.40. The first-order chi connectivity index (χ1) is 14.9. The molecule has 0 unspecified atom stereocenters. The van der Waals surface area contributed by atoms with E-state index in [0.717, 1.165) is 37.9 Å². The number of rotatable bonds is 9. The quantitative estimate of drug-likeness (QED) is 0.510. The first-order valence-electron chi connectivity index (χ1n) is 11.5. The molecule has 0 radical (unpaired) electrons. The molecule has 1 amide bonds. The van der Waals surface area contributed by atoms with E-state index in [0.29, 0.717) is 50.3 Å². The number of alkyl carbamates (subject to hydrolysis) is 1. The van der Waals surface area contributed by atoms with Crippen LogP contribution in [0.3, 0.4) is 0 Å². The van der Waals surface area contributed by atoms with Gasteiger partial charge in [0.15, 0.2) is 5.82 Å². The van der Waals surface area contributed by atoms with Gasteiger partial charge >= 0.3 is 12.1 Å². The number of tetrazole rings is 1. The first-order valence-corrected chi connectivity index (χ1v) is 11.0. The van der Waals surface area contributed by atoms with Gasteiger partial charge in [-0.2, -0.15) is 5.21 Å². The molecule has 30 heavy (non-hydrogen) atoms. The molecule has 10 heteroatoms. The molecule has 0 bridgehead atoms. The van der Waals surface area contributed by atoms with Crippen molar-refractivity contribution in [2.75, 3.05) is 19.7 Å². The number of aromatic nitrogens is 4. The van der Waals surface area contributed by atoms with Crippen LogP contribution in [0.15, 0.2) is 0 Å². The molecule has 0 spiro atoms. The molecular formula is C20H34N6O4. The van der Waals surface area contributed by atoms with Crippen molar-refractivity contribution >= 4 is 12.1 Å². The normalized spacial score (nSPS) is 29.9. The summed E-state index contributed by atoms with van der Waals surface area (Å²) >= 11 is 0. The molecular weight excluding hydrogens is 388 g/mol. The second-order valence-corrected chi connectivity index (χ2v) is 8.28. The number of hydrogen-bond acceptors (Lipinski definition) is 8. The van der Waals surface area contributed by atoms with Crippen LogP contribution in [-0.2, 0) is 20.7 Å². The van der Waals surface area contributed by atoms with Crippen molar-refractivity contribution in [1.82, 2.24) is 31.3 Å². The van der Waals surface area contributed by atoms with E-state index in [1.807, 2.05) is 0 Å². The Labute approximate surface area is 178 Å². The summed E-state index contributed by atoms with van der Waals surface area (Å²) in [6, 6.07) is -1.42.